The number of hydrogen-bond donors (Lipinski definition) is 0. The monoisotopic (exact) mass is 287 g/mol. The van der Waals surface area contributed by atoms with E-state index in [9.17, 15) is 0 Å². The lowest BCUT2D eigenvalue weighted by Crippen LogP contribution is -2.25. The molecule has 0 spiro atoms. The molecule has 2 rings (SSSR count). The van der Waals surface area contributed by atoms with Gasteiger partial charge in [0.2, 0.25) is 0 Å². The summed E-state index contributed by atoms with van der Waals surface area (Å²) in [5.74, 6) is 4.08. The normalized spacial score (nSPS) is 33.9. The number of nitriles is 1. The Morgan fingerprint density at radius 2 is 1.38 bits per heavy atom. The van der Waals surface area contributed by atoms with Crippen LogP contribution in [-0.4, -0.2) is 0 Å². The Kier molecular flexibility index (Phi) is 7.34. The van der Waals surface area contributed by atoms with Gasteiger partial charge in [-0.05, 0) is 62.2 Å². The van der Waals surface area contributed by atoms with Gasteiger partial charge in [-0.25, -0.2) is 0 Å². The van der Waals surface area contributed by atoms with E-state index < -0.39 is 0 Å². The maximum Gasteiger partial charge on any atom is 0.0908 e. The van der Waals surface area contributed by atoms with Crippen LogP contribution in [0.3, 0.4) is 0 Å². The minimum absolute atomic E-state index is 0.932. The topological polar surface area (TPSA) is 23.8 Å². The highest BCUT2D eigenvalue weighted by atomic mass is 14.4. The average molecular weight is 287 g/mol. The minimum atomic E-state index is 0.932. The first-order valence-corrected chi connectivity index (χ1v) is 9.38. The summed E-state index contributed by atoms with van der Waals surface area (Å²) in [4.78, 5) is 0. The highest BCUT2D eigenvalue weighted by Crippen LogP contribution is 2.42. The van der Waals surface area contributed by atoms with Crippen molar-refractivity contribution >= 4 is 0 Å². The van der Waals surface area contributed by atoms with Crippen LogP contribution in [0.1, 0.15) is 84.0 Å². The first-order valence-electron chi connectivity index (χ1n) is 9.38. The van der Waals surface area contributed by atoms with Gasteiger partial charge in [0.1, 0.15) is 0 Å². The smallest absolute Gasteiger partial charge is 0.0908 e. The second-order valence-electron chi connectivity index (χ2n) is 7.46. The maximum atomic E-state index is 8.50. The fraction of sp³-hybridized carbons (Fsp3) is 0.850. The summed E-state index contributed by atoms with van der Waals surface area (Å²) in [6.45, 7) is 2.33. The molecule has 118 valence electrons. The van der Waals surface area contributed by atoms with Gasteiger partial charge in [0.25, 0.3) is 0 Å². The van der Waals surface area contributed by atoms with E-state index in [1.165, 1.54) is 70.6 Å². The average Bonchev–Trinajstić information content (AvgIpc) is 2.53. The van der Waals surface area contributed by atoms with E-state index in [1.807, 2.05) is 6.08 Å². The standard InChI is InChI=1S/C20H33N/c1-2-6-17-8-12-19(13-9-17)20-14-10-18(11-15-20)7-4-3-5-16-21/h3,5,17-20H,2,4,6-15H2,1H3/b5-3+. The van der Waals surface area contributed by atoms with Crippen LogP contribution in [-0.2, 0) is 0 Å². The molecule has 0 aromatic carbocycles. The molecule has 0 N–H and O–H groups in total. The molecule has 0 aromatic heterocycles. The zero-order valence-electron chi connectivity index (χ0n) is 13.9. The molecule has 0 atom stereocenters. The van der Waals surface area contributed by atoms with E-state index in [0.717, 1.165) is 30.1 Å². The molecule has 2 saturated carbocycles. The van der Waals surface area contributed by atoms with Crippen molar-refractivity contribution in [2.75, 3.05) is 0 Å². The van der Waals surface area contributed by atoms with Crippen molar-refractivity contribution < 1.29 is 0 Å². The van der Waals surface area contributed by atoms with Gasteiger partial charge in [0, 0.05) is 6.08 Å². The molecule has 2 aliphatic carbocycles. The SMILES string of the molecule is CCCC1CCC(C2CCC(CC/C=C/C#N)CC2)CC1. The molecule has 0 aliphatic heterocycles. The summed E-state index contributed by atoms with van der Waals surface area (Å²) in [5.41, 5.74) is 0. The second kappa shape index (κ2) is 9.29. The molecule has 0 unspecified atom stereocenters. The van der Waals surface area contributed by atoms with Gasteiger partial charge in [-0.15, -0.1) is 0 Å². The van der Waals surface area contributed by atoms with E-state index in [1.54, 1.807) is 6.08 Å². The van der Waals surface area contributed by atoms with Gasteiger partial charge in [0.15, 0.2) is 0 Å². The predicted octanol–water partition coefficient (Wildman–Crippen LogP) is 6.26. The highest BCUT2D eigenvalue weighted by Gasteiger charge is 2.30. The van der Waals surface area contributed by atoms with Crippen LogP contribution in [0.25, 0.3) is 0 Å². The first-order chi connectivity index (χ1) is 10.3. The van der Waals surface area contributed by atoms with Gasteiger partial charge >= 0.3 is 0 Å². The number of allylic oxidation sites excluding steroid dienone is 2. The zero-order valence-corrected chi connectivity index (χ0v) is 13.9. The Labute approximate surface area is 131 Å². The molecule has 0 radical (unpaired) electrons. The fourth-order valence-corrected chi connectivity index (χ4v) is 4.77. The maximum absolute atomic E-state index is 8.50. The fourth-order valence-electron chi connectivity index (χ4n) is 4.77. The van der Waals surface area contributed by atoms with Crippen LogP contribution in [0.2, 0.25) is 0 Å². The quantitative estimate of drug-likeness (QED) is 0.529. The second-order valence-corrected chi connectivity index (χ2v) is 7.46. The highest BCUT2D eigenvalue weighted by molar-refractivity contribution is 5.01. The van der Waals surface area contributed by atoms with Gasteiger partial charge in [0.05, 0.1) is 6.07 Å². The number of nitrogens with zero attached hydrogens (tertiary/aromatic N) is 1. The zero-order chi connectivity index (χ0) is 14.9. The minimum Gasteiger partial charge on any atom is -0.193 e. The third-order valence-corrected chi connectivity index (χ3v) is 6.08. The summed E-state index contributed by atoms with van der Waals surface area (Å²) < 4.78 is 0. The molecule has 0 saturated heterocycles. The van der Waals surface area contributed by atoms with Crippen LogP contribution in [0.15, 0.2) is 12.2 Å². The van der Waals surface area contributed by atoms with Crippen molar-refractivity contribution in [2.45, 2.75) is 84.0 Å². The Morgan fingerprint density at radius 1 is 0.857 bits per heavy atom. The molecule has 0 amide bonds. The van der Waals surface area contributed by atoms with Crippen LogP contribution in [0.5, 0.6) is 0 Å². The van der Waals surface area contributed by atoms with Crippen molar-refractivity contribution in [1.29, 1.82) is 5.26 Å². The Bertz CT molecular complexity index is 335. The Morgan fingerprint density at radius 3 is 1.86 bits per heavy atom. The van der Waals surface area contributed by atoms with E-state index >= 15 is 0 Å². The molecule has 2 fully saturated rings. The summed E-state index contributed by atoms with van der Waals surface area (Å²) >= 11 is 0. The third-order valence-electron chi connectivity index (χ3n) is 6.08. The molecular formula is C20H33N. The van der Waals surface area contributed by atoms with Crippen LogP contribution in [0, 0.1) is 35.0 Å². The third kappa shape index (κ3) is 5.50. The van der Waals surface area contributed by atoms with E-state index in [2.05, 4.69) is 13.0 Å². The molecular weight excluding hydrogens is 254 g/mol. The first kappa shape index (κ1) is 16.6. The Balaban J connectivity index is 1.63. The Hall–Kier alpha value is -0.770. The van der Waals surface area contributed by atoms with Crippen molar-refractivity contribution in [1.82, 2.24) is 0 Å². The van der Waals surface area contributed by atoms with Crippen LogP contribution < -0.4 is 0 Å². The number of hydrogen-bond acceptors (Lipinski definition) is 1. The van der Waals surface area contributed by atoms with Crippen molar-refractivity contribution in [2.24, 2.45) is 23.7 Å². The summed E-state index contributed by atoms with van der Waals surface area (Å²) in [6.07, 6.45) is 20.8. The van der Waals surface area contributed by atoms with Crippen molar-refractivity contribution in [3.63, 3.8) is 0 Å². The summed E-state index contributed by atoms with van der Waals surface area (Å²) in [7, 11) is 0. The number of rotatable bonds is 6. The lowest BCUT2D eigenvalue weighted by molar-refractivity contribution is 0.141. The molecule has 0 aromatic rings. The molecule has 1 heteroatoms. The van der Waals surface area contributed by atoms with E-state index in [-0.39, 0.29) is 0 Å². The molecule has 0 bridgehead atoms. The van der Waals surface area contributed by atoms with Gasteiger partial charge in [-0.1, -0.05) is 51.5 Å². The van der Waals surface area contributed by atoms with E-state index in [0.29, 0.717) is 0 Å². The molecule has 2 aliphatic rings. The van der Waals surface area contributed by atoms with Gasteiger partial charge in [-0.2, -0.15) is 5.26 Å². The van der Waals surface area contributed by atoms with Crippen LogP contribution >= 0.6 is 0 Å². The molecule has 0 heterocycles. The van der Waals surface area contributed by atoms with Gasteiger partial charge < -0.3 is 0 Å². The summed E-state index contributed by atoms with van der Waals surface area (Å²) in [6, 6.07) is 2.09. The van der Waals surface area contributed by atoms with Crippen LogP contribution in [0.4, 0.5) is 0 Å². The largest absolute Gasteiger partial charge is 0.193 e. The lowest BCUT2D eigenvalue weighted by Gasteiger charge is -2.38. The van der Waals surface area contributed by atoms with Crippen molar-refractivity contribution in [3.05, 3.63) is 12.2 Å². The van der Waals surface area contributed by atoms with Crippen molar-refractivity contribution in [3.8, 4) is 6.07 Å². The summed E-state index contributed by atoms with van der Waals surface area (Å²) in [5, 5.41) is 8.50. The lowest BCUT2D eigenvalue weighted by atomic mass is 9.68. The van der Waals surface area contributed by atoms with E-state index in [4.69, 9.17) is 5.26 Å². The predicted molar refractivity (Wildman–Crippen MR) is 89.8 cm³/mol. The molecule has 21 heavy (non-hydrogen) atoms. The molecule has 1 nitrogen and oxygen atoms in total. The van der Waals surface area contributed by atoms with Gasteiger partial charge in [-0.3, -0.25) is 0 Å².